The summed E-state index contributed by atoms with van der Waals surface area (Å²) in [5, 5.41) is 5.95. The van der Waals surface area contributed by atoms with Crippen LogP contribution in [0.3, 0.4) is 0 Å². The van der Waals surface area contributed by atoms with Gasteiger partial charge in [-0.1, -0.05) is 30.3 Å². The number of urea groups is 1. The van der Waals surface area contributed by atoms with Crippen molar-refractivity contribution in [3.8, 4) is 5.75 Å². The van der Waals surface area contributed by atoms with Crippen LogP contribution in [0.15, 0.2) is 59.5 Å². The van der Waals surface area contributed by atoms with Crippen molar-refractivity contribution in [3.63, 3.8) is 0 Å². The third-order valence-electron chi connectivity index (χ3n) is 4.49. The van der Waals surface area contributed by atoms with Gasteiger partial charge in [-0.25, -0.2) is 4.79 Å². The van der Waals surface area contributed by atoms with Gasteiger partial charge in [-0.2, -0.15) is 0 Å². The van der Waals surface area contributed by atoms with E-state index in [4.69, 9.17) is 9.47 Å². The Morgan fingerprint density at radius 2 is 1.81 bits per heavy atom. The second-order valence-electron chi connectivity index (χ2n) is 6.45. The van der Waals surface area contributed by atoms with Crippen LogP contribution in [0.4, 0.5) is 10.5 Å². The van der Waals surface area contributed by atoms with Gasteiger partial charge in [0.05, 0.1) is 12.3 Å². The van der Waals surface area contributed by atoms with E-state index in [1.807, 2.05) is 61.2 Å². The Balaban J connectivity index is 1.62. The second kappa shape index (κ2) is 9.67. The molecule has 1 aliphatic rings. The number of amides is 2. The number of benzene rings is 2. The Kier molecular flexibility index (Phi) is 7.01. The van der Waals surface area contributed by atoms with Crippen LogP contribution in [-0.4, -0.2) is 37.1 Å². The van der Waals surface area contributed by atoms with E-state index in [0.717, 1.165) is 26.1 Å². The van der Waals surface area contributed by atoms with Gasteiger partial charge < -0.3 is 20.1 Å². The predicted molar refractivity (Wildman–Crippen MR) is 110 cm³/mol. The molecule has 2 amide bonds. The predicted octanol–water partition coefficient (Wildman–Crippen LogP) is 4.55. The molecule has 0 spiro atoms. The first-order chi connectivity index (χ1) is 13.2. The molecule has 0 radical (unpaired) electrons. The second-order valence-corrected chi connectivity index (χ2v) is 7.99. The lowest BCUT2D eigenvalue weighted by Gasteiger charge is -2.36. The molecule has 5 nitrogen and oxygen atoms in total. The number of para-hydroxylation sites is 2. The fraction of sp³-hybridized carbons (Fsp3) is 0.381. The lowest BCUT2D eigenvalue weighted by Crippen LogP contribution is -2.45. The van der Waals surface area contributed by atoms with Crippen LogP contribution < -0.4 is 15.4 Å². The van der Waals surface area contributed by atoms with E-state index < -0.39 is 0 Å². The zero-order valence-corrected chi connectivity index (χ0v) is 16.4. The van der Waals surface area contributed by atoms with Gasteiger partial charge in [-0.3, -0.25) is 0 Å². The molecule has 0 unspecified atom stereocenters. The van der Waals surface area contributed by atoms with Crippen molar-refractivity contribution in [2.75, 3.05) is 31.7 Å². The highest BCUT2D eigenvalue weighted by Crippen LogP contribution is 2.40. The molecular weight excluding hydrogens is 360 g/mol. The average Bonchev–Trinajstić information content (AvgIpc) is 2.70. The first kappa shape index (κ1) is 19.6. The van der Waals surface area contributed by atoms with E-state index in [0.29, 0.717) is 24.6 Å². The fourth-order valence-corrected chi connectivity index (χ4v) is 4.36. The Bertz CT molecular complexity index is 733. The van der Waals surface area contributed by atoms with E-state index in [1.165, 1.54) is 4.90 Å². The van der Waals surface area contributed by atoms with Crippen LogP contribution >= 0.6 is 11.8 Å². The molecule has 144 valence electrons. The molecule has 0 aromatic heterocycles. The molecule has 2 aromatic rings. The Morgan fingerprint density at radius 3 is 2.56 bits per heavy atom. The minimum Gasteiger partial charge on any atom is -0.492 e. The third-order valence-corrected chi connectivity index (χ3v) is 5.98. The van der Waals surface area contributed by atoms with Crippen LogP contribution in [-0.2, 0) is 4.74 Å². The number of hydrogen-bond acceptors (Lipinski definition) is 4. The van der Waals surface area contributed by atoms with E-state index in [9.17, 15) is 4.79 Å². The number of anilines is 1. The molecule has 1 saturated heterocycles. The number of hydrogen-bond donors (Lipinski definition) is 2. The molecule has 0 bridgehead atoms. The van der Waals surface area contributed by atoms with Gasteiger partial charge in [0.1, 0.15) is 5.75 Å². The first-order valence-corrected chi connectivity index (χ1v) is 10.1. The Labute approximate surface area is 164 Å². The summed E-state index contributed by atoms with van der Waals surface area (Å²) in [5.74, 6) is 0.676. The number of nitrogens with one attached hydrogen (secondary N) is 2. The molecular formula is C21H26N2O3S. The molecule has 2 aromatic carbocycles. The van der Waals surface area contributed by atoms with Crippen molar-refractivity contribution >= 4 is 23.5 Å². The van der Waals surface area contributed by atoms with Gasteiger partial charge in [0, 0.05) is 29.4 Å². The van der Waals surface area contributed by atoms with Crippen molar-refractivity contribution in [3.05, 3.63) is 54.6 Å². The standard InChI is InChI=1S/C21H26N2O3S/c1-2-26-19-11-7-6-10-18(19)23-20(24)22-16-21(12-14-25-15-13-21)27-17-8-4-3-5-9-17/h3-11H,2,12-16H2,1H3,(H2,22,23,24). The van der Waals surface area contributed by atoms with Crippen LogP contribution in [0.25, 0.3) is 0 Å². The Hall–Kier alpha value is -2.18. The highest BCUT2D eigenvalue weighted by Gasteiger charge is 2.34. The quantitative estimate of drug-likeness (QED) is 0.733. The van der Waals surface area contributed by atoms with Gasteiger partial charge in [0.2, 0.25) is 0 Å². The summed E-state index contributed by atoms with van der Waals surface area (Å²) < 4.78 is 11.1. The summed E-state index contributed by atoms with van der Waals surface area (Å²) in [7, 11) is 0. The minimum atomic E-state index is -0.221. The molecule has 1 aliphatic heterocycles. The summed E-state index contributed by atoms with van der Waals surface area (Å²) in [6.45, 7) is 4.49. The fourth-order valence-electron chi connectivity index (χ4n) is 3.06. The van der Waals surface area contributed by atoms with Gasteiger partial charge in [-0.05, 0) is 44.0 Å². The monoisotopic (exact) mass is 386 g/mol. The van der Waals surface area contributed by atoms with Crippen molar-refractivity contribution < 1.29 is 14.3 Å². The molecule has 6 heteroatoms. The molecule has 27 heavy (non-hydrogen) atoms. The Morgan fingerprint density at radius 1 is 1.11 bits per heavy atom. The van der Waals surface area contributed by atoms with Crippen molar-refractivity contribution in [2.45, 2.75) is 29.4 Å². The number of rotatable bonds is 7. The van der Waals surface area contributed by atoms with E-state index in [2.05, 4.69) is 22.8 Å². The van der Waals surface area contributed by atoms with Gasteiger partial charge in [0.25, 0.3) is 0 Å². The maximum atomic E-state index is 12.5. The summed E-state index contributed by atoms with van der Waals surface area (Å²) in [4.78, 5) is 13.7. The lowest BCUT2D eigenvalue weighted by atomic mass is 9.99. The highest BCUT2D eigenvalue weighted by atomic mass is 32.2. The maximum absolute atomic E-state index is 12.5. The zero-order valence-electron chi connectivity index (χ0n) is 15.6. The number of carbonyl (C=O) groups is 1. The lowest BCUT2D eigenvalue weighted by molar-refractivity contribution is 0.0777. The summed E-state index contributed by atoms with van der Waals surface area (Å²) in [5.41, 5.74) is 0.675. The van der Waals surface area contributed by atoms with Gasteiger partial charge >= 0.3 is 6.03 Å². The van der Waals surface area contributed by atoms with E-state index in [-0.39, 0.29) is 10.8 Å². The maximum Gasteiger partial charge on any atom is 0.319 e. The van der Waals surface area contributed by atoms with Crippen LogP contribution in [0.1, 0.15) is 19.8 Å². The molecule has 1 heterocycles. The van der Waals surface area contributed by atoms with Crippen LogP contribution in [0, 0.1) is 0 Å². The van der Waals surface area contributed by atoms with E-state index >= 15 is 0 Å². The number of thioether (sulfide) groups is 1. The highest BCUT2D eigenvalue weighted by molar-refractivity contribution is 8.00. The first-order valence-electron chi connectivity index (χ1n) is 9.29. The summed E-state index contributed by atoms with van der Waals surface area (Å²) in [6, 6.07) is 17.6. The number of ether oxygens (including phenoxy) is 2. The summed E-state index contributed by atoms with van der Waals surface area (Å²) in [6.07, 6.45) is 1.81. The molecule has 0 atom stereocenters. The summed E-state index contributed by atoms with van der Waals surface area (Å²) >= 11 is 1.82. The third kappa shape index (κ3) is 5.65. The van der Waals surface area contributed by atoms with Crippen molar-refractivity contribution in [2.24, 2.45) is 0 Å². The topological polar surface area (TPSA) is 59.6 Å². The zero-order chi connectivity index (χ0) is 19.0. The normalized spacial score (nSPS) is 15.7. The SMILES string of the molecule is CCOc1ccccc1NC(=O)NCC1(Sc2ccccc2)CCOCC1. The van der Waals surface area contributed by atoms with Crippen molar-refractivity contribution in [1.29, 1.82) is 0 Å². The average molecular weight is 387 g/mol. The molecule has 1 fully saturated rings. The minimum absolute atomic E-state index is 0.0591. The van der Waals surface area contributed by atoms with E-state index in [1.54, 1.807) is 0 Å². The largest absolute Gasteiger partial charge is 0.492 e. The molecule has 2 N–H and O–H groups in total. The van der Waals surface area contributed by atoms with Crippen molar-refractivity contribution in [1.82, 2.24) is 5.32 Å². The molecule has 3 rings (SSSR count). The van der Waals surface area contributed by atoms with Crippen LogP contribution in [0.2, 0.25) is 0 Å². The smallest absolute Gasteiger partial charge is 0.319 e. The van der Waals surface area contributed by atoms with Crippen LogP contribution in [0.5, 0.6) is 5.75 Å². The van der Waals surface area contributed by atoms with Gasteiger partial charge in [0.15, 0.2) is 0 Å². The molecule has 0 aliphatic carbocycles. The number of carbonyl (C=O) groups excluding carboxylic acids is 1. The van der Waals surface area contributed by atoms with Gasteiger partial charge in [-0.15, -0.1) is 11.8 Å². The molecule has 0 saturated carbocycles.